The Hall–Kier alpha value is -0.420. The third-order valence-electron chi connectivity index (χ3n) is 4.70. The van der Waals surface area contributed by atoms with E-state index in [4.69, 9.17) is 0 Å². The summed E-state index contributed by atoms with van der Waals surface area (Å²) in [5, 5.41) is 13.2. The first-order valence-electron chi connectivity index (χ1n) is 7.44. The van der Waals surface area contributed by atoms with E-state index in [1.807, 2.05) is 16.7 Å². The van der Waals surface area contributed by atoms with Crippen molar-refractivity contribution in [3.05, 3.63) is 0 Å². The Kier molecular flexibility index (Phi) is 5.39. The van der Waals surface area contributed by atoms with Gasteiger partial charge in [-0.2, -0.15) is 11.8 Å². The number of urea groups is 1. The number of nitrogens with one attached hydrogen (secondary N) is 1. The second-order valence-electron chi connectivity index (χ2n) is 5.82. The molecule has 2 saturated heterocycles. The predicted molar refractivity (Wildman–Crippen MR) is 79.5 cm³/mol. The molecule has 2 amide bonds. The molecule has 5 heteroatoms. The van der Waals surface area contributed by atoms with Crippen molar-refractivity contribution < 1.29 is 9.90 Å². The molecule has 0 aromatic carbocycles. The molecule has 4 nitrogen and oxygen atoms in total. The Morgan fingerprint density at radius 2 is 2.21 bits per heavy atom. The summed E-state index contributed by atoms with van der Waals surface area (Å²) in [6.45, 7) is 4.73. The molecule has 2 heterocycles. The number of thioether (sulfide) groups is 1. The number of carbonyl (C=O) groups excluding carboxylic acids is 1. The maximum absolute atomic E-state index is 12.1. The van der Waals surface area contributed by atoms with Gasteiger partial charge in [0.05, 0.1) is 0 Å². The molecule has 2 N–H and O–H groups in total. The molecular formula is C14H26N2O2S. The highest BCUT2D eigenvalue weighted by Crippen LogP contribution is 2.34. The maximum atomic E-state index is 12.1. The summed E-state index contributed by atoms with van der Waals surface area (Å²) in [6.07, 6.45) is 5.35. The fourth-order valence-electron chi connectivity index (χ4n) is 2.93. The topological polar surface area (TPSA) is 52.6 Å². The first-order valence-corrected chi connectivity index (χ1v) is 8.49. The quantitative estimate of drug-likeness (QED) is 0.832. The summed E-state index contributed by atoms with van der Waals surface area (Å²) in [5.41, 5.74) is 0.0537. The maximum Gasteiger partial charge on any atom is 0.317 e. The lowest BCUT2D eigenvalue weighted by Crippen LogP contribution is -2.49. The van der Waals surface area contributed by atoms with Gasteiger partial charge in [-0.05, 0) is 43.3 Å². The van der Waals surface area contributed by atoms with Gasteiger partial charge in [-0.25, -0.2) is 4.79 Å². The van der Waals surface area contributed by atoms with E-state index in [9.17, 15) is 9.90 Å². The van der Waals surface area contributed by atoms with E-state index in [1.54, 1.807) is 0 Å². The van der Waals surface area contributed by atoms with Gasteiger partial charge in [-0.1, -0.05) is 6.92 Å². The number of hydrogen-bond donors (Lipinski definition) is 2. The minimum absolute atomic E-state index is 0.0537. The first-order chi connectivity index (χ1) is 9.19. The lowest BCUT2D eigenvalue weighted by atomic mass is 9.77. The third kappa shape index (κ3) is 3.78. The smallest absolute Gasteiger partial charge is 0.317 e. The van der Waals surface area contributed by atoms with Gasteiger partial charge in [0.25, 0.3) is 0 Å². The van der Waals surface area contributed by atoms with Crippen LogP contribution in [0.2, 0.25) is 0 Å². The average Bonchev–Trinajstić information content (AvgIpc) is 2.98. The van der Waals surface area contributed by atoms with Crippen LogP contribution < -0.4 is 5.32 Å². The van der Waals surface area contributed by atoms with E-state index in [2.05, 4.69) is 12.2 Å². The number of nitrogens with zero attached hydrogens (tertiary/aromatic N) is 1. The van der Waals surface area contributed by atoms with E-state index in [0.717, 1.165) is 38.9 Å². The van der Waals surface area contributed by atoms with Crippen LogP contribution in [0.5, 0.6) is 0 Å². The van der Waals surface area contributed by atoms with Crippen LogP contribution in [0.3, 0.4) is 0 Å². The Morgan fingerprint density at radius 3 is 2.74 bits per heavy atom. The number of aliphatic hydroxyl groups excluding tert-OH is 1. The van der Waals surface area contributed by atoms with Gasteiger partial charge in [0.1, 0.15) is 0 Å². The monoisotopic (exact) mass is 286 g/mol. The molecule has 2 rings (SSSR count). The molecule has 110 valence electrons. The second-order valence-corrected chi connectivity index (χ2v) is 7.23. The van der Waals surface area contributed by atoms with Crippen LogP contribution in [0.15, 0.2) is 0 Å². The normalized spacial score (nSPS) is 26.4. The van der Waals surface area contributed by atoms with Gasteiger partial charge in [0.15, 0.2) is 0 Å². The summed E-state index contributed by atoms with van der Waals surface area (Å²) in [5.74, 6) is 1.24. The molecule has 2 aliphatic heterocycles. The largest absolute Gasteiger partial charge is 0.396 e. The number of likely N-dealkylation sites (tertiary alicyclic amines) is 1. The molecule has 0 aromatic rings. The number of rotatable bonds is 4. The van der Waals surface area contributed by atoms with Crippen LogP contribution in [0.1, 0.15) is 39.0 Å². The van der Waals surface area contributed by atoms with Crippen LogP contribution in [0.25, 0.3) is 0 Å². The minimum Gasteiger partial charge on any atom is -0.396 e. The molecule has 0 aromatic heterocycles. The number of hydrogen-bond acceptors (Lipinski definition) is 3. The summed E-state index contributed by atoms with van der Waals surface area (Å²) in [7, 11) is 0. The van der Waals surface area contributed by atoms with Crippen molar-refractivity contribution >= 4 is 17.8 Å². The molecule has 1 unspecified atom stereocenters. The average molecular weight is 286 g/mol. The van der Waals surface area contributed by atoms with Crippen LogP contribution in [-0.4, -0.2) is 53.3 Å². The van der Waals surface area contributed by atoms with Crippen molar-refractivity contribution in [3.63, 3.8) is 0 Å². The lowest BCUT2D eigenvalue weighted by molar-refractivity contribution is 0.0520. The molecule has 0 aliphatic carbocycles. The number of piperidine rings is 1. The highest BCUT2D eigenvalue weighted by molar-refractivity contribution is 8.00. The molecular weight excluding hydrogens is 260 g/mol. The van der Waals surface area contributed by atoms with Crippen LogP contribution in [-0.2, 0) is 0 Å². The van der Waals surface area contributed by atoms with Crippen LogP contribution in [0.4, 0.5) is 4.79 Å². The van der Waals surface area contributed by atoms with Gasteiger partial charge >= 0.3 is 6.03 Å². The Morgan fingerprint density at radius 1 is 1.47 bits per heavy atom. The Balaban J connectivity index is 1.72. The van der Waals surface area contributed by atoms with Crippen molar-refractivity contribution in [3.8, 4) is 0 Å². The molecule has 0 radical (unpaired) electrons. The summed E-state index contributed by atoms with van der Waals surface area (Å²) in [6, 6.07) is 0.0788. The van der Waals surface area contributed by atoms with Gasteiger partial charge in [0, 0.05) is 31.5 Å². The van der Waals surface area contributed by atoms with Crippen LogP contribution in [0, 0.1) is 5.41 Å². The highest BCUT2D eigenvalue weighted by Gasteiger charge is 2.33. The summed E-state index contributed by atoms with van der Waals surface area (Å²) < 4.78 is 0. The number of amides is 2. The van der Waals surface area contributed by atoms with Crippen LogP contribution >= 0.6 is 11.8 Å². The van der Waals surface area contributed by atoms with Gasteiger partial charge in [0.2, 0.25) is 0 Å². The molecule has 1 atom stereocenters. The van der Waals surface area contributed by atoms with Gasteiger partial charge in [-0.15, -0.1) is 0 Å². The molecule has 2 fully saturated rings. The van der Waals surface area contributed by atoms with E-state index in [0.29, 0.717) is 5.25 Å². The number of aliphatic hydroxyl groups is 1. The van der Waals surface area contributed by atoms with Crippen molar-refractivity contribution in [2.24, 2.45) is 5.41 Å². The molecule has 19 heavy (non-hydrogen) atoms. The Bertz CT molecular complexity index is 292. The second kappa shape index (κ2) is 6.84. The zero-order valence-electron chi connectivity index (χ0n) is 11.9. The fourth-order valence-corrected chi connectivity index (χ4v) is 4.13. The van der Waals surface area contributed by atoms with E-state index < -0.39 is 0 Å². The molecule has 0 bridgehead atoms. The predicted octanol–water partition coefficient (Wildman–Crippen LogP) is 2.08. The lowest BCUT2D eigenvalue weighted by Gasteiger charge is -2.40. The van der Waals surface area contributed by atoms with Crippen molar-refractivity contribution in [1.29, 1.82) is 0 Å². The van der Waals surface area contributed by atoms with E-state index in [1.165, 1.54) is 18.6 Å². The standard InChI is InChI=1S/C14H26N2O2S/c1-2-14(11-17)5-7-16(8-6-14)13(18)15-10-12-4-3-9-19-12/h12,17H,2-11H2,1H3,(H,15,18). The van der Waals surface area contributed by atoms with Gasteiger partial charge < -0.3 is 15.3 Å². The number of carbonyl (C=O) groups is 1. The Labute approximate surface area is 120 Å². The first kappa shape index (κ1) is 15.0. The summed E-state index contributed by atoms with van der Waals surface area (Å²) in [4.78, 5) is 14.0. The van der Waals surface area contributed by atoms with Crippen molar-refractivity contribution in [1.82, 2.24) is 10.2 Å². The zero-order valence-corrected chi connectivity index (χ0v) is 12.7. The summed E-state index contributed by atoms with van der Waals surface area (Å²) >= 11 is 1.97. The minimum atomic E-state index is 0.0537. The third-order valence-corrected chi connectivity index (χ3v) is 6.10. The zero-order chi connectivity index (χ0) is 13.7. The SMILES string of the molecule is CCC1(CO)CCN(C(=O)NCC2CCCS2)CC1. The molecule has 0 saturated carbocycles. The van der Waals surface area contributed by atoms with Crippen molar-refractivity contribution in [2.75, 3.05) is 32.0 Å². The van der Waals surface area contributed by atoms with Crippen molar-refractivity contribution in [2.45, 2.75) is 44.3 Å². The van der Waals surface area contributed by atoms with Gasteiger partial charge in [-0.3, -0.25) is 0 Å². The highest BCUT2D eigenvalue weighted by atomic mass is 32.2. The molecule has 0 spiro atoms. The van der Waals surface area contributed by atoms with E-state index in [-0.39, 0.29) is 18.1 Å². The van der Waals surface area contributed by atoms with E-state index >= 15 is 0 Å². The fraction of sp³-hybridized carbons (Fsp3) is 0.929. The molecule has 2 aliphatic rings.